The molecule has 20 heavy (non-hydrogen) atoms. The lowest BCUT2D eigenvalue weighted by Crippen LogP contribution is -2.24. The van der Waals surface area contributed by atoms with Gasteiger partial charge in [0.25, 0.3) is 0 Å². The van der Waals surface area contributed by atoms with Gasteiger partial charge < -0.3 is 10.0 Å². The number of aromatic nitrogens is 1. The average Bonchev–Trinajstić information content (AvgIpc) is 2.48. The molecule has 3 nitrogen and oxygen atoms in total. The zero-order valence-electron chi connectivity index (χ0n) is 11.8. The molecule has 1 aliphatic rings. The largest absolute Gasteiger partial charge is 0.388 e. The second-order valence-corrected chi connectivity index (χ2v) is 5.49. The first-order chi connectivity index (χ1) is 9.74. The smallest absolute Gasteiger partial charge is 0.0831 e. The molecule has 1 N–H and O–H groups in total. The maximum Gasteiger partial charge on any atom is 0.0831 e. The Kier molecular flexibility index (Phi) is 3.70. The van der Waals surface area contributed by atoms with E-state index >= 15 is 0 Å². The van der Waals surface area contributed by atoms with Crippen molar-refractivity contribution in [3.8, 4) is 0 Å². The highest BCUT2D eigenvalue weighted by molar-refractivity contribution is 5.56. The maximum atomic E-state index is 10.4. The minimum absolute atomic E-state index is 0.461. The molecule has 1 aromatic carbocycles. The summed E-state index contributed by atoms with van der Waals surface area (Å²) in [5.41, 5.74) is 4.72. The molecular formula is C17H20N2O. The van der Waals surface area contributed by atoms with E-state index in [4.69, 9.17) is 0 Å². The van der Waals surface area contributed by atoms with Crippen molar-refractivity contribution in [1.29, 1.82) is 0 Å². The molecule has 0 saturated heterocycles. The number of hydrogen-bond donors (Lipinski definition) is 1. The van der Waals surface area contributed by atoms with Crippen molar-refractivity contribution in [3.05, 3.63) is 59.4 Å². The van der Waals surface area contributed by atoms with Gasteiger partial charge in [0.1, 0.15) is 0 Å². The minimum Gasteiger partial charge on any atom is -0.388 e. The minimum atomic E-state index is -0.461. The molecular weight excluding hydrogens is 248 g/mol. The third-order valence-corrected chi connectivity index (χ3v) is 3.99. The van der Waals surface area contributed by atoms with Crippen LogP contribution in [-0.2, 0) is 12.8 Å². The van der Waals surface area contributed by atoms with Gasteiger partial charge in [-0.2, -0.15) is 0 Å². The number of rotatable bonds is 3. The van der Waals surface area contributed by atoms with Crippen molar-refractivity contribution in [2.75, 3.05) is 18.5 Å². The summed E-state index contributed by atoms with van der Waals surface area (Å²) in [6.45, 7) is 1.12. The van der Waals surface area contributed by atoms with Crippen molar-refractivity contribution in [2.45, 2.75) is 25.4 Å². The summed E-state index contributed by atoms with van der Waals surface area (Å²) in [5, 5.41) is 10.4. The highest BCUT2D eigenvalue weighted by Gasteiger charge is 2.16. The third kappa shape index (κ3) is 2.68. The number of anilines is 1. The molecule has 2 heterocycles. The van der Waals surface area contributed by atoms with E-state index in [0.717, 1.165) is 24.1 Å². The van der Waals surface area contributed by atoms with Crippen LogP contribution in [0.5, 0.6) is 0 Å². The molecule has 104 valence electrons. The van der Waals surface area contributed by atoms with Crippen LogP contribution in [0.15, 0.2) is 42.7 Å². The van der Waals surface area contributed by atoms with Crippen LogP contribution in [0, 0.1) is 0 Å². The van der Waals surface area contributed by atoms with Gasteiger partial charge in [-0.3, -0.25) is 4.98 Å². The van der Waals surface area contributed by atoms with E-state index in [0.29, 0.717) is 6.42 Å². The molecule has 0 radical (unpaired) electrons. The predicted molar refractivity (Wildman–Crippen MR) is 80.9 cm³/mol. The van der Waals surface area contributed by atoms with Gasteiger partial charge in [0, 0.05) is 38.1 Å². The molecule has 0 bridgehead atoms. The molecule has 0 saturated carbocycles. The van der Waals surface area contributed by atoms with Gasteiger partial charge in [-0.25, -0.2) is 0 Å². The van der Waals surface area contributed by atoms with Crippen molar-refractivity contribution >= 4 is 5.69 Å². The van der Waals surface area contributed by atoms with E-state index in [-0.39, 0.29) is 0 Å². The first kappa shape index (κ1) is 13.1. The van der Waals surface area contributed by atoms with Crippen LogP contribution < -0.4 is 4.90 Å². The van der Waals surface area contributed by atoms with Gasteiger partial charge in [0.05, 0.1) is 6.10 Å². The van der Waals surface area contributed by atoms with E-state index in [2.05, 4.69) is 29.1 Å². The molecule has 0 amide bonds. The fourth-order valence-electron chi connectivity index (χ4n) is 2.87. The predicted octanol–water partition coefficient (Wildman–Crippen LogP) is 2.74. The number of aryl methyl sites for hydroxylation is 1. The highest BCUT2D eigenvalue weighted by atomic mass is 16.3. The monoisotopic (exact) mass is 268 g/mol. The summed E-state index contributed by atoms with van der Waals surface area (Å²) in [6.07, 6.45) is 6.01. The van der Waals surface area contributed by atoms with Crippen LogP contribution in [0.4, 0.5) is 5.69 Å². The van der Waals surface area contributed by atoms with Gasteiger partial charge in [0.15, 0.2) is 0 Å². The van der Waals surface area contributed by atoms with Gasteiger partial charge in [0.2, 0.25) is 0 Å². The molecule has 0 spiro atoms. The number of benzene rings is 1. The second kappa shape index (κ2) is 5.63. The van der Waals surface area contributed by atoms with E-state index in [1.807, 2.05) is 24.4 Å². The summed E-state index contributed by atoms with van der Waals surface area (Å²) in [5.74, 6) is 0. The zero-order chi connectivity index (χ0) is 13.9. The summed E-state index contributed by atoms with van der Waals surface area (Å²) < 4.78 is 0. The highest BCUT2D eigenvalue weighted by Crippen LogP contribution is 2.29. The number of pyridine rings is 1. The standard InChI is InChI=1S/C17H20N2O/c1-19-9-3-5-14-11-15(6-7-16(14)19)17(20)10-13-4-2-8-18-12-13/h2,4,6-8,11-12,17,20H,3,5,9-10H2,1H3. The first-order valence-corrected chi connectivity index (χ1v) is 7.15. The second-order valence-electron chi connectivity index (χ2n) is 5.49. The average molecular weight is 268 g/mol. The van der Waals surface area contributed by atoms with E-state index in [1.54, 1.807) is 6.20 Å². The Hall–Kier alpha value is -1.87. The lowest BCUT2D eigenvalue weighted by atomic mass is 9.95. The molecule has 3 rings (SSSR count). The fourth-order valence-corrected chi connectivity index (χ4v) is 2.87. The van der Waals surface area contributed by atoms with Crippen LogP contribution in [0.1, 0.15) is 29.2 Å². The maximum absolute atomic E-state index is 10.4. The van der Waals surface area contributed by atoms with Gasteiger partial charge >= 0.3 is 0 Å². The molecule has 1 aromatic heterocycles. The molecule has 3 heteroatoms. The summed E-state index contributed by atoms with van der Waals surface area (Å²) in [6, 6.07) is 10.2. The number of hydrogen-bond acceptors (Lipinski definition) is 3. The lowest BCUT2D eigenvalue weighted by Gasteiger charge is -2.28. The molecule has 1 aliphatic heterocycles. The van der Waals surface area contributed by atoms with Crippen LogP contribution in [0.2, 0.25) is 0 Å². The lowest BCUT2D eigenvalue weighted by molar-refractivity contribution is 0.178. The van der Waals surface area contributed by atoms with Gasteiger partial charge in [-0.1, -0.05) is 18.2 Å². The first-order valence-electron chi connectivity index (χ1n) is 7.15. The summed E-state index contributed by atoms with van der Waals surface area (Å²) in [4.78, 5) is 6.38. The Morgan fingerprint density at radius 2 is 2.25 bits per heavy atom. The quantitative estimate of drug-likeness (QED) is 0.930. The number of nitrogens with zero attached hydrogens (tertiary/aromatic N) is 2. The SMILES string of the molecule is CN1CCCc2cc(C(O)Cc3cccnc3)ccc21. The third-order valence-electron chi connectivity index (χ3n) is 3.99. The summed E-state index contributed by atoms with van der Waals surface area (Å²) >= 11 is 0. The molecule has 1 unspecified atom stereocenters. The number of aliphatic hydroxyl groups excluding tert-OH is 1. The summed E-state index contributed by atoms with van der Waals surface area (Å²) in [7, 11) is 2.13. The zero-order valence-corrected chi connectivity index (χ0v) is 11.8. The Bertz CT molecular complexity index is 583. The fraction of sp³-hybridized carbons (Fsp3) is 0.353. The molecule has 0 aliphatic carbocycles. The van der Waals surface area contributed by atoms with Gasteiger partial charge in [-0.05, 0) is 41.7 Å². The number of fused-ring (bicyclic) bond motifs is 1. The van der Waals surface area contributed by atoms with E-state index < -0.39 is 6.10 Å². The van der Waals surface area contributed by atoms with Crippen molar-refractivity contribution in [3.63, 3.8) is 0 Å². The van der Waals surface area contributed by atoms with Crippen molar-refractivity contribution in [1.82, 2.24) is 4.98 Å². The van der Waals surface area contributed by atoms with Crippen molar-refractivity contribution in [2.24, 2.45) is 0 Å². The molecule has 1 atom stereocenters. The molecule has 0 fully saturated rings. The van der Waals surface area contributed by atoms with Crippen molar-refractivity contribution < 1.29 is 5.11 Å². The van der Waals surface area contributed by atoms with E-state index in [1.165, 1.54) is 17.7 Å². The Labute approximate surface area is 119 Å². The van der Waals surface area contributed by atoms with Crippen LogP contribution in [0.3, 0.4) is 0 Å². The number of aliphatic hydroxyl groups is 1. The normalized spacial score (nSPS) is 15.8. The van der Waals surface area contributed by atoms with Crippen LogP contribution >= 0.6 is 0 Å². The molecule has 2 aromatic rings. The Balaban J connectivity index is 1.80. The van der Waals surface area contributed by atoms with Gasteiger partial charge in [-0.15, -0.1) is 0 Å². The Morgan fingerprint density at radius 3 is 3.05 bits per heavy atom. The van der Waals surface area contributed by atoms with Crippen LogP contribution in [0.25, 0.3) is 0 Å². The van der Waals surface area contributed by atoms with Crippen LogP contribution in [-0.4, -0.2) is 23.7 Å². The Morgan fingerprint density at radius 1 is 1.35 bits per heavy atom. The topological polar surface area (TPSA) is 36.4 Å². The van der Waals surface area contributed by atoms with E-state index in [9.17, 15) is 5.11 Å².